The Morgan fingerprint density at radius 2 is 1.47 bits per heavy atom. The zero-order valence-corrected chi connectivity index (χ0v) is 11.9. The van der Waals surface area contributed by atoms with Crippen molar-refractivity contribution in [2.45, 2.75) is 64.2 Å². The van der Waals surface area contributed by atoms with Gasteiger partial charge < -0.3 is 10.2 Å². The van der Waals surface area contributed by atoms with Gasteiger partial charge in [-0.05, 0) is 25.7 Å². The van der Waals surface area contributed by atoms with Crippen LogP contribution in [0.2, 0.25) is 0 Å². The van der Waals surface area contributed by atoms with Crippen molar-refractivity contribution in [3.05, 3.63) is 24.3 Å². The topological polar surface area (TPSA) is 57.5 Å². The molecule has 0 spiro atoms. The average molecular weight is 268 g/mol. The standard InChI is InChI=1S/C16H28O3/c1-2-3-4-5-6-7-8-9-10-11-12-15(13-14-17)16(18)19/h2,12,17H,1,3-11,13-14H2,(H,18,19). The highest BCUT2D eigenvalue weighted by molar-refractivity contribution is 5.86. The number of aliphatic hydroxyl groups excluding tert-OH is 1. The SMILES string of the molecule is C=CCCCCCCCCCC=C(CCO)C(=O)O. The Labute approximate surface area is 117 Å². The van der Waals surface area contributed by atoms with Crippen molar-refractivity contribution in [3.8, 4) is 0 Å². The normalized spacial score (nSPS) is 11.5. The van der Waals surface area contributed by atoms with Crippen molar-refractivity contribution in [3.63, 3.8) is 0 Å². The number of hydrogen-bond donors (Lipinski definition) is 2. The van der Waals surface area contributed by atoms with Crippen molar-refractivity contribution in [1.82, 2.24) is 0 Å². The lowest BCUT2D eigenvalue weighted by Crippen LogP contribution is -2.02. The summed E-state index contributed by atoms with van der Waals surface area (Å²) in [6.45, 7) is 3.61. The lowest BCUT2D eigenvalue weighted by molar-refractivity contribution is -0.132. The first-order valence-corrected chi connectivity index (χ1v) is 7.36. The summed E-state index contributed by atoms with van der Waals surface area (Å²) in [6, 6.07) is 0. The van der Waals surface area contributed by atoms with Crippen LogP contribution in [-0.4, -0.2) is 22.8 Å². The molecule has 3 heteroatoms. The number of aliphatic carboxylic acids is 1. The minimum absolute atomic E-state index is 0.0944. The Hall–Kier alpha value is -1.09. The molecule has 19 heavy (non-hydrogen) atoms. The molecule has 110 valence electrons. The molecule has 0 rings (SSSR count). The number of rotatable bonds is 13. The van der Waals surface area contributed by atoms with Crippen LogP contribution in [0.3, 0.4) is 0 Å². The van der Waals surface area contributed by atoms with E-state index in [1.165, 1.54) is 32.1 Å². The van der Waals surface area contributed by atoms with Gasteiger partial charge in [0.25, 0.3) is 0 Å². The molecule has 0 atom stereocenters. The Morgan fingerprint density at radius 3 is 1.95 bits per heavy atom. The third kappa shape index (κ3) is 11.7. The predicted molar refractivity (Wildman–Crippen MR) is 79.2 cm³/mol. The molecule has 0 saturated heterocycles. The van der Waals surface area contributed by atoms with Crippen LogP contribution in [0, 0.1) is 0 Å². The van der Waals surface area contributed by atoms with Crippen molar-refractivity contribution in [1.29, 1.82) is 0 Å². The summed E-state index contributed by atoms with van der Waals surface area (Å²) in [5.74, 6) is -0.906. The van der Waals surface area contributed by atoms with Crippen LogP contribution in [0.5, 0.6) is 0 Å². The van der Waals surface area contributed by atoms with E-state index in [1.54, 1.807) is 6.08 Å². The highest BCUT2D eigenvalue weighted by atomic mass is 16.4. The van der Waals surface area contributed by atoms with Gasteiger partial charge in [0.05, 0.1) is 0 Å². The Morgan fingerprint density at radius 1 is 0.947 bits per heavy atom. The smallest absolute Gasteiger partial charge is 0.331 e. The van der Waals surface area contributed by atoms with Gasteiger partial charge in [-0.1, -0.05) is 44.3 Å². The van der Waals surface area contributed by atoms with E-state index in [0.717, 1.165) is 25.7 Å². The summed E-state index contributed by atoms with van der Waals surface area (Å²) in [6.07, 6.45) is 14.4. The molecule has 0 aromatic carbocycles. The van der Waals surface area contributed by atoms with Gasteiger partial charge in [0, 0.05) is 18.6 Å². The minimum atomic E-state index is -0.906. The number of hydrogen-bond acceptors (Lipinski definition) is 2. The molecule has 0 aromatic rings. The molecule has 0 fully saturated rings. The number of carboxylic acids is 1. The molecule has 0 amide bonds. The summed E-state index contributed by atoms with van der Waals surface area (Å²) in [5.41, 5.74) is 0.340. The number of aliphatic hydroxyl groups is 1. The third-order valence-corrected chi connectivity index (χ3v) is 3.16. The molecular formula is C16H28O3. The lowest BCUT2D eigenvalue weighted by atomic mass is 10.1. The van der Waals surface area contributed by atoms with E-state index in [0.29, 0.717) is 5.57 Å². The van der Waals surface area contributed by atoms with Gasteiger partial charge in [0.2, 0.25) is 0 Å². The molecule has 2 N–H and O–H groups in total. The molecule has 0 saturated carbocycles. The van der Waals surface area contributed by atoms with E-state index in [4.69, 9.17) is 10.2 Å². The van der Waals surface area contributed by atoms with E-state index in [-0.39, 0.29) is 13.0 Å². The van der Waals surface area contributed by atoms with E-state index >= 15 is 0 Å². The maximum Gasteiger partial charge on any atom is 0.331 e. The Bertz CT molecular complexity index is 269. The number of carbonyl (C=O) groups is 1. The molecule has 0 aromatic heterocycles. The number of carboxylic acid groups (broad SMARTS) is 1. The lowest BCUT2D eigenvalue weighted by Gasteiger charge is -2.01. The van der Waals surface area contributed by atoms with Crippen LogP contribution in [0.1, 0.15) is 64.2 Å². The molecule has 0 bridgehead atoms. The maximum atomic E-state index is 10.8. The maximum absolute atomic E-state index is 10.8. The minimum Gasteiger partial charge on any atom is -0.478 e. The zero-order valence-electron chi connectivity index (χ0n) is 11.9. The molecule has 0 aliphatic carbocycles. The van der Waals surface area contributed by atoms with Crippen LogP contribution in [0.15, 0.2) is 24.3 Å². The number of allylic oxidation sites excluding steroid dienone is 2. The van der Waals surface area contributed by atoms with Gasteiger partial charge in [0.15, 0.2) is 0 Å². The highest BCUT2D eigenvalue weighted by Gasteiger charge is 2.04. The van der Waals surface area contributed by atoms with Gasteiger partial charge in [-0.3, -0.25) is 0 Å². The average Bonchev–Trinajstić information content (AvgIpc) is 2.39. The molecule has 0 heterocycles. The summed E-state index contributed by atoms with van der Waals surface area (Å²) >= 11 is 0. The number of unbranched alkanes of at least 4 members (excludes halogenated alkanes) is 8. The van der Waals surface area contributed by atoms with Gasteiger partial charge in [-0.15, -0.1) is 6.58 Å². The summed E-state index contributed by atoms with van der Waals surface area (Å²) in [5, 5.41) is 17.6. The van der Waals surface area contributed by atoms with Crippen molar-refractivity contribution >= 4 is 5.97 Å². The van der Waals surface area contributed by atoms with Crippen molar-refractivity contribution in [2.75, 3.05) is 6.61 Å². The second kappa shape index (κ2) is 13.3. The van der Waals surface area contributed by atoms with Crippen LogP contribution in [0.25, 0.3) is 0 Å². The van der Waals surface area contributed by atoms with Crippen LogP contribution >= 0.6 is 0 Å². The van der Waals surface area contributed by atoms with Crippen LogP contribution < -0.4 is 0 Å². The van der Waals surface area contributed by atoms with E-state index in [1.807, 2.05) is 6.08 Å². The molecule has 0 unspecified atom stereocenters. The van der Waals surface area contributed by atoms with Gasteiger partial charge >= 0.3 is 5.97 Å². The molecule has 0 radical (unpaired) electrons. The predicted octanol–water partition coefficient (Wildman–Crippen LogP) is 4.08. The highest BCUT2D eigenvalue weighted by Crippen LogP contribution is 2.11. The van der Waals surface area contributed by atoms with Crippen molar-refractivity contribution < 1.29 is 15.0 Å². The fourth-order valence-corrected chi connectivity index (χ4v) is 2.01. The second-order valence-electron chi connectivity index (χ2n) is 4.85. The quantitative estimate of drug-likeness (QED) is 0.301. The fraction of sp³-hybridized carbons (Fsp3) is 0.688. The second-order valence-corrected chi connectivity index (χ2v) is 4.85. The summed E-state index contributed by atoms with van der Waals surface area (Å²) < 4.78 is 0. The van der Waals surface area contributed by atoms with Gasteiger partial charge in [0.1, 0.15) is 0 Å². The first kappa shape index (κ1) is 17.9. The third-order valence-electron chi connectivity index (χ3n) is 3.16. The fourth-order valence-electron chi connectivity index (χ4n) is 2.01. The van der Waals surface area contributed by atoms with Gasteiger partial charge in [-0.25, -0.2) is 4.79 Å². The van der Waals surface area contributed by atoms with E-state index < -0.39 is 5.97 Å². The van der Waals surface area contributed by atoms with E-state index in [9.17, 15) is 4.79 Å². The molecule has 0 aliphatic rings. The van der Waals surface area contributed by atoms with Gasteiger partial charge in [-0.2, -0.15) is 0 Å². The summed E-state index contributed by atoms with van der Waals surface area (Å²) in [7, 11) is 0. The van der Waals surface area contributed by atoms with E-state index in [2.05, 4.69) is 6.58 Å². The first-order valence-electron chi connectivity index (χ1n) is 7.36. The Kier molecular flexibility index (Phi) is 12.6. The van der Waals surface area contributed by atoms with Crippen molar-refractivity contribution in [2.24, 2.45) is 0 Å². The monoisotopic (exact) mass is 268 g/mol. The summed E-state index contributed by atoms with van der Waals surface area (Å²) in [4.78, 5) is 10.8. The van der Waals surface area contributed by atoms with Crippen LogP contribution in [0.4, 0.5) is 0 Å². The van der Waals surface area contributed by atoms with Crippen LogP contribution in [-0.2, 0) is 4.79 Å². The first-order chi connectivity index (χ1) is 9.22. The Balaban J connectivity index is 3.45. The molecular weight excluding hydrogens is 240 g/mol. The largest absolute Gasteiger partial charge is 0.478 e. The molecule has 0 aliphatic heterocycles. The zero-order chi connectivity index (χ0) is 14.3. The molecule has 3 nitrogen and oxygen atoms in total.